The number of ether oxygens (including phenoxy) is 1. The van der Waals surface area contributed by atoms with E-state index in [0.717, 1.165) is 12.0 Å². The van der Waals surface area contributed by atoms with Crippen molar-refractivity contribution in [2.24, 2.45) is 0 Å². The average molecular weight is 427 g/mol. The van der Waals surface area contributed by atoms with Gasteiger partial charge in [0.2, 0.25) is 10.0 Å². The molecule has 7 heteroatoms. The number of nitrogens with zero attached hydrogens (tertiary/aromatic N) is 1. The van der Waals surface area contributed by atoms with Gasteiger partial charge < -0.3 is 4.74 Å². The van der Waals surface area contributed by atoms with Gasteiger partial charge in [-0.1, -0.05) is 49.6 Å². The molecule has 0 bridgehead atoms. The number of alkyl halides is 2. The molecule has 1 aromatic rings. The zero-order valence-electron chi connectivity index (χ0n) is 11.3. The molecule has 112 valence electrons. The molecule has 0 N–H and O–H groups in total. The van der Waals surface area contributed by atoms with Crippen molar-refractivity contribution in [3.05, 3.63) is 29.8 Å². The number of aryl methyl sites for hydroxylation is 1. The Balaban J connectivity index is 2.45. The highest BCUT2D eigenvalue weighted by Crippen LogP contribution is 2.42. The van der Waals surface area contributed by atoms with Gasteiger partial charge in [-0.05, 0) is 31.9 Å². The molecule has 1 aromatic carbocycles. The van der Waals surface area contributed by atoms with Crippen molar-refractivity contribution in [1.29, 1.82) is 0 Å². The van der Waals surface area contributed by atoms with Crippen LogP contribution in [-0.2, 0) is 14.8 Å². The third-order valence-electron chi connectivity index (χ3n) is 3.62. The van der Waals surface area contributed by atoms with Gasteiger partial charge in [-0.15, -0.1) is 0 Å². The van der Waals surface area contributed by atoms with E-state index in [4.69, 9.17) is 4.74 Å². The normalized spacial score (nSPS) is 24.4. The van der Waals surface area contributed by atoms with Gasteiger partial charge in [0.05, 0.1) is 4.90 Å². The third-order valence-corrected chi connectivity index (χ3v) is 6.99. The van der Waals surface area contributed by atoms with Gasteiger partial charge in [0.25, 0.3) is 0 Å². The first-order valence-corrected chi connectivity index (χ1v) is 9.54. The van der Waals surface area contributed by atoms with E-state index in [-0.39, 0.29) is 3.74 Å². The molecule has 0 saturated carbocycles. The third kappa shape index (κ3) is 2.70. The Morgan fingerprint density at radius 1 is 1.30 bits per heavy atom. The maximum atomic E-state index is 12.8. The number of methoxy groups -OCH3 is 1. The molecule has 1 aliphatic rings. The second-order valence-electron chi connectivity index (χ2n) is 4.84. The van der Waals surface area contributed by atoms with Crippen LogP contribution in [0.1, 0.15) is 18.4 Å². The van der Waals surface area contributed by atoms with Crippen LogP contribution in [0, 0.1) is 6.92 Å². The molecule has 20 heavy (non-hydrogen) atoms. The molecule has 1 fully saturated rings. The van der Waals surface area contributed by atoms with Crippen molar-refractivity contribution in [3.8, 4) is 0 Å². The van der Waals surface area contributed by atoms with Crippen LogP contribution in [0.3, 0.4) is 0 Å². The Bertz CT molecular complexity index is 574. The molecule has 4 nitrogen and oxygen atoms in total. The molecule has 0 radical (unpaired) electrons. The van der Waals surface area contributed by atoms with E-state index >= 15 is 0 Å². The highest BCUT2D eigenvalue weighted by atomic mass is 79.9. The SMILES string of the molecule is COC1(C(Br)Br)CCCN1S(=O)(=O)c1ccc(C)cc1. The minimum Gasteiger partial charge on any atom is -0.361 e. The molecule has 1 unspecified atom stereocenters. The van der Waals surface area contributed by atoms with Crippen LogP contribution < -0.4 is 0 Å². The number of halogens is 2. The number of sulfonamides is 1. The summed E-state index contributed by atoms with van der Waals surface area (Å²) in [7, 11) is -2.03. The van der Waals surface area contributed by atoms with Crippen LogP contribution in [0.4, 0.5) is 0 Å². The lowest BCUT2D eigenvalue weighted by Crippen LogP contribution is -2.52. The maximum Gasteiger partial charge on any atom is 0.245 e. The lowest BCUT2D eigenvalue weighted by atomic mass is 10.2. The van der Waals surface area contributed by atoms with E-state index in [1.54, 1.807) is 31.4 Å². The van der Waals surface area contributed by atoms with E-state index in [0.29, 0.717) is 17.9 Å². The Morgan fingerprint density at radius 3 is 2.40 bits per heavy atom. The molecule has 1 heterocycles. The molecular weight excluding hydrogens is 410 g/mol. The highest BCUT2D eigenvalue weighted by Gasteiger charge is 2.51. The Kier molecular flexibility index (Phi) is 4.96. The molecule has 1 aliphatic heterocycles. The molecule has 1 saturated heterocycles. The van der Waals surface area contributed by atoms with Crippen LogP contribution in [0.25, 0.3) is 0 Å². The van der Waals surface area contributed by atoms with Gasteiger partial charge in [-0.25, -0.2) is 8.42 Å². The number of rotatable bonds is 4. The average Bonchev–Trinajstić information content (AvgIpc) is 2.85. The van der Waals surface area contributed by atoms with E-state index < -0.39 is 15.7 Å². The second kappa shape index (κ2) is 6.04. The quantitative estimate of drug-likeness (QED) is 0.694. The molecule has 1 atom stereocenters. The summed E-state index contributed by atoms with van der Waals surface area (Å²) >= 11 is 6.84. The summed E-state index contributed by atoms with van der Waals surface area (Å²) in [6, 6.07) is 6.89. The van der Waals surface area contributed by atoms with Crippen LogP contribution in [0.15, 0.2) is 29.2 Å². The lowest BCUT2D eigenvalue weighted by molar-refractivity contribution is -0.0572. The summed E-state index contributed by atoms with van der Waals surface area (Å²) < 4.78 is 32.4. The number of hydrogen-bond donors (Lipinski definition) is 0. The smallest absolute Gasteiger partial charge is 0.245 e. The molecule has 2 rings (SSSR count). The first-order chi connectivity index (χ1) is 9.34. The summed E-state index contributed by atoms with van der Waals surface area (Å²) in [5, 5.41) is 0. The standard InChI is InChI=1S/C13H17Br2NO3S/c1-10-4-6-11(7-5-10)20(17,18)16-9-3-8-13(16,19-2)12(14)15/h4-7,12H,3,8-9H2,1-2H3. The topological polar surface area (TPSA) is 46.6 Å². The Labute approximate surface area is 136 Å². The number of benzene rings is 1. The maximum absolute atomic E-state index is 12.8. The summed E-state index contributed by atoms with van der Waals surface area (Å²) in [4.78, 5) is 0.298. The van der Waals surface area contributed by atoms with Gasteiger partial charge in [0.15, 0.2) is 5.72 Å². The van der Waals surface area contributed by atoms with Crippen LogP contribution in [0.5, 0.6) is 0 Å². The van der Waals surface area contributed by atoms with Crippen molar-refractivity contribution in [1.82, 2.24) is 4.31 Å². The van der Waals surface area contributed by atoms with Gasteiger partial charge in [-0.2, -0.15) is 4.31 Å². The van der Waals surface area contributed by atoms with E-state index in [9.17, 15) is 8.42 Å². The zero-order chi connectivity index (χ0) is 15.0. The highest BCUT2D eigenvalue weighted by molar-refractivity contribution is 9.24. The molecule has 0 aromatic heterocycles. The van der Waals surface area contributed by atoms with Crippen LogP contribution >= 0.6 is 31.9 Å². The zero-order valence-corrected chi connectivity index (χ0v) is 15.3. The first kappa shape index (κ1) is 16.4. The monoisotopic (exact) mass is 425 g/mol. The van der Waals surface area contributed by atoms with Gasteiger partial charge in [0, 0.05) is 13.7 Å². The second-order valence-corrected chi connectivity index (χ2v) is 9.77. The molecule has 0 amide bonds. The fraction of sp³-hybridized carbons (Fsp3) is 0.538. The van der Waals surface area contributed by atoms with E-state index in [2.05, 4.69) is 31.9 Å². The van der Waals surface area contributed by atoms with Crippen molar-refractivity contribution < 1.29 is 13.2 Å². The predicted molar refractivity (Wildman–Crippen MR) is 85.7 cm³/mol. The molecule has 0 aliphatic carbocycles. The minimum absolute atomic E-state index is 0.268. The van der Waals surface area contributed by atoms with Gasteiger partial charge in [-0.3, -0.25) is 0 Å². The predicted octanol–water partition coefficient (Wildman–Crippen LogP) is 3.24. The fourth-order valence-corrected chi connectivity index (χ4v) is 5.84. The first-order valence-electron chi connectivity index (χ1n) is 6.27. The summed E-state index contributed by atoms with van der Waals surface area (Å²) in [6.45, 7) is 2.39. The summed E-state index contributed by atoms with van der Waals surface area (Å²) in [5.74, 6) is 0. The lowest BCUT2D eigenvalue weighted by Gasteiger charge is -2.37. The van der Waals surface area contributed by atoms with Crippen molar-refractivity contribution >= 4 is 41.9 Å². The minimum atomic E-state index is -3.57. The Morgan fingerprint density at radius 2 is 1.90 bits per heavy atom. The van der Waals surface area contributed by atoms with E-state index in [1.165, 1.54) is 4.31 Å². The molecular formula is C13H17Br2NO3S. The van der Waals surface area contributed by atoms with E-state index in [1.807, 2.05) is 6.92 Å². The molecule has 0 spiro atoms. The van der Waals surface area contributed by atoms with Gasteiger partial charge >= 0.3 is 0 Å². The Hall–Kier alpha value is 0.0500. The largest absolute Gasteiger partial charge is 0.361 e. The van der Waals surface area contributed by atoms with Crippen molar-refractivity contribution in [3.63, 3.8) is 0 Å². The van der Waals surface area contributed by atoms with Gasteiger partial charge in [0.1, 0.15) is 3.74 Å². The summed E-state index contributed by atoms with van der Waals surface area (Å²) in [5.41, 5.74) is 0.145. The fourth-order valence-electron chi connectivity index (χ4n) is 2.46. The van der Waals surface area contributed by atoms with Crippen molar-refractivity contribution in [2.75, 3.05) is 13.7 Å². The van der Waals surface area contributed by atoms with Crippen LogP contribution in [-0.4, -0.2) is 35.8 Å². The van der Waals surface area contributed by atoms with Crippen molar-refractivity contribution in [2.45, 2.75) is 34.1 Å². The summed E-state index contributed by atoms with van der Waals surface area (Å²) in [6.07, 6.45) is 1.42. The number of hydrogen-bond acceptors (Lipinski definition) is 3. The van der Waals surface area contributed by atoms with Crippen LogP contribution in [0.2, 0.25) is 0 Å².